The van der Waals surface area contributed by atoms with Crippen molar-refractivity contribution in [3.63, 3.8) is 0 Å². The Hall–Kier alpha value is -1.65. The van der Waals surface area contributed by atoms with E-state index in [-0.39, 0.29) is 16.7 Å². The van der Waals surface area contributed by atoms with Crippen LogP contribution >= 0.6 is 0 Å². The van der Waals surface area contributed by atoms with E-state index >= 15 is 0 Å². The van der Waals surface area contributed by atoms with Gasteiger partial charge in [0.15, 0.2) is 0 Å². The molecule has 110 valence electrons. The van der Waals surface area contributed by atoms with Gasteiger partial charge in [-0.1, -0.05) is 13.3 Å². The summed E-state index contributed by atoms with van der Waals surface area (Å²) in [6.45, 7) is 2.69. The molecule has 0 spiro atoms. The van der Waals surface area contributed by atoms with Gasteiger partial charge in [0.05, 0.1) is 0 Å². The van der Waals surface area contributed by atoms with Gasteiger partial charge in [0.25, 0.3) is 5.91 Å². The fourth-order valence-electron chi connectivity index (χ4n) is 2.54. The quantitative estimate of drug-likeness (QED) is 0.840. The first-order chi connectivity index (χ1) is 9.51. The molecule has 1 aromatic rings. The van der Waals surface area contributed by atoms with Crippen LogP contribution in [0.15, 0.2) is 12.1 Å². The average molecular weight is 282 g/mol. The monoisotopic (exact) mass is 282 g/mol. The molecule has 1 aliphatic carbocycles. The lowest BCUT2D eigenvalue weighted by Gasteiger charge is -2.15. The van der Waals surface area contributed by atoms with Gasteiger partial charge < -0.3 is 10.6 Å². The fraction of sp³-hybridized carbons (Fsp3) is 0.533. The Kier molecular flexibility index (Phi) is 4.26. The van der Waals surface area contributed by atoms with Crippen molar-refractivity contribution in [1.82, 2.24) is 5.32 Å². The van der Waals surface area contributed by atoms with Crippen molar-refractivity contribution in [2.24, 2.45) is 5.41 Å². The first-order valence-corrected chi connectivity index (χ1v) is 6.96. The van der Waals surface area contributed by atoms with Gasteiger partial charge >= 0.3 is 0 Å². The van der Waals surface area contributed by atoms with Gasteiger partial charge in [0.1, 0.15) is 17.3 Å². The van der Waals surface area contributed by atoms with Crippen LogP contribution in [0.2, 0.25) is 0 Å². The fourth-order valence-corrected chi connectivity index (χ4v) is 2.54. The summed E-state index contributed by atoms with van der Waals surface area (Å²) in [5.41, 5.74) is 0.0179. The third kappa shape index (κ3) is 3.08. The van der Waals surface area contributed by atoms with Crippen molar-refractivity contribution >= 4 is 11.6 Å². The molecule has 0 saturated heterocycles. The average Bonchev–Trinajstić information content (AvgIpc) is 3.16. The highest BCUT2D eigenvalue weighted by atomic mass is 19.1. The predicted molar refractivity (Wildman–Crippen MR) is 74.8 cm³/mol. The second kappa shape index (κ2) is 5.77. The number of nitrogens with one attached hydrogen (secondary N) is 2. The van der Waals surface area contributed by atoms with Crippen molar-refractivity contribution in [2.45, 2.75) is 32.6 Å². The third-order valence-corrected chi connectivity index (χ3v) is 3.92. The van der Waals surface area contributed by atoms with Crippen LogP contribution in [0.25, 0.3) is 0 Å². The number of rotatable bonds is 6. The van der Waals surface area contributed by atoms with Crippen molar-refractivity contribution in [3.8, 4) is 0 Å². The van der Waals surface area contributed by atoms with Crippen LogP contribution in [0.1, 0.15) is 43.0 Å². The minimum Gasteiger partial charge on any atom is -0.383 e. The van der Waals surface area contributed by atoms with Crippen molar-refractivity contribution in [1.29, 1.82) is 0 Å². The highest BCUT2D eigenvalue weighted by Crippen LogP contribution is 2.48. The van der Waals surface area contributed by atoms with Crippen LogP contribution in [0.5, 0.6) is 0 Å². The maximum Gasteiger partial charge on any atom is 0.251 e. The van der Waals surface area contributed by atoms with Crippen molar-refractivity contribution < 1.29 is 13.6 Å². The smallest absolute Gasteiger partial charge is 0.251 e. The second-order valence-electron chi connectivity index (χ2n) is 5.50. The van der Waals surface area contributed by atoms with Crippen LogP contribution in [-0.2, 0) is 0 Å². The molecular weight excluding hydrogens is 262 g/mol. The molecule has 0 radical (unpaired) electrons. The summed E-state index contributed by atoms with van der Waals surface area (Å²) in [6, 6.07) is 2.12. The van der Waals surface area contributed by atoms with E-state index in [1.807, 2.05) is 0 Å². The van der Waals surface area contributed by atoms with Crippen LogP contribution in [-0.4, -0.2) is 19.5 Å². The summed E-state index contributed by atoms with van der Waals surface area (Å²) in [4.78, 5) is 12.0. The number of hydrogen-bond donors (Lipinski definition) is 2. The first kappa shape index (κ1) is 14.8. The van der Waals surface area contributed by atoms with Crippen molar-refractivity contribution in [2.75, 3.05) is 18.9 Å². The van der Waals surface area contributed by atoms with E-state index in [1.54, 1.807) is 0 Å². The topological polar surface area (TPSA) is 41.1 Å². The van der Waals surface area contributed by atoms with E-state index in [0.717, 1.165) is 37.8 Å². The van der Waals surface area contributed by atoms with E-state index in [0.29, 0.717) is 6.54 Å². The summed E-state index contributed by atoms with van der Waals surface area (Å²) >= 11 is 0. The zero-order valence-corrected chi connectivity index (χ0v) is 11.9. The molecule has 5 heteroatoms. The Labute approximate surface area is 117 Å². The molecule has 1 saturated carbocycles. The lowest BCUT2D eigenvalue weighted by atomic mass is 10.0. The standard InChI is InChI=1S/C15H20F2N2O/c1-3-4-15(5-6-15)9-19-14(20)10-7-11(16)13(18-2)12(17)8-10/h7-8,18H,3-6,9H2,1-2H3,(H,19,20). The summed E-state index contributed by atoms with van der Waals surface area (Å²) in [7, 11) is 1.43. The Morgan fingerprint density at radius 2 is 1.90 bits per heavy atom. The summed E-state index contributed by atoms with van der Waals surface area (Å²) in [5.74, 6) is -1.94. The highest BCUT2D eigenvalue weighted by molar-refractivity contribution is 5.94. The highest BCUT2D eigenvalue weighted by Gasteiger charge is 2.41. The van der Waals surface area contributed by atoms with Crippen LogP contribution in [0.4, 0.5) is 14.5 Å². The zero-order valence-electron chi connectivity index (χ0n) is 11.9. The van der Waals surface area contributed by atoms with E-state index in [2.05, 4.69) is 17.6 Å². The van der Waals surface area contributed by atoms with E-state index in [4.69, 9.17) is 0 Å². The number of anilines is 1. The van der Waals surface area contributed by atoms with Crippen LogP contribution in [0.3, 0.4) is 0 Å². The molecule has 0 aromatic heterocycles. The number of carbonyl (C=O) groups is 1. The van der Waals surface area contributed by atoms with Gasteiger partial charge in [-0.15, -0.1) is 0 Å². The predicted octanol–water partition coefficient (Wildman–Crippen LogP) is 3.32. The summed E-state index contributed by atoms with van der Waals surface area (Å²) < 4.78 is 27.2. The molecule has 0 heterocycles. The summed E-state index contributed by atoms with van der Waals surface area (Å²) in [6.07, 6.45) is 4.38. The molecule has 0 aliphatic heterocycles. The molecule has 1 fully saturated rings. The number of carbonyl (C=O) groups excluding carboxylic acids is 1. The molecule has 3 nitrogen and oxygen atoms in total. The van der Waals surface area contributed by atoms with Crippen molar-refractivity contribution in [3.05, 3.63) is 29.3 Å². The first-order valence-electron chi connectivity index (χ1n) is 6.96. The Morgan fingerprint density at radius 3 is 2.35 bits per heavy atom. The molecule has 0 bridgehead atoms. The third-order valence-electron chi connectivity index (χ3n) is 3.92. The van der Waals surface area contributed by atoms with Crippen LogP contribution < -0.4 is 10.6 Å². The second-order valence-corrected chi connectivity index (χ2v) is 5.50. The lowest BCUT2D eigenvalue weighted by Crippen LogP contribution is -2.30. The number of halogens is 2. The largest absolute Gasteiger partial charge is 0.383 e. The molecule has 1 amide bonds. The van der Waals surface area contributed by atoms with Gasteiger partial charge in [-0.2, -0.15) is 0 Å². The molecule has 1 aromatic carbocycles. The zero-order chi connectivity index (χ0) is 14.8. The molecule has 0 unspecified atom stereocenters. The van der Waals surface area contributed by atoms with E-state index < -0.39 is 17.5 Å². The minimum atomic E-state index is -0.757. The van der Waals surface area contributed by atoms with Gasteiger partial charge in [-0.05, 0) is 36.8 Å². The van der Waals surface area contributed by atoms with Gasteiger partial charge in [0, 0.05) is 19.2 Å². The maximum atomic E-state index is 13.6. The van der Waals surface area contributed by atoms with E-state index in [1.165, 1.54) is 7.05 Å². The van der Waals surface area contributed by atoms with Gasteiger partial charge in [-0.25, -0.2) is 8.78 Å². The number of amides is 1. The van der Waals surface area contributed by atoms with Gasteiger partial charge in [0.2, 0.25) is 0 Å². The molecule has 0 atom stereocenters. The van der Waals surface area contributed by atoms with E-state index in [9.17, 15) is 13.6 Å². The Morgan fingerprint density at radius 1 is 1.30 bits per heavy atom. The number of benzene rings is 1. The normalized spacial score (nSPS) is 15.8. The SMILES string of the molecule is CCCC1(CNC(=O)c2cc(F)c(NC)c(F)c2)CC1. The number of hydrogen-bond acceptors (Lipinski definition) is 2. The molecule has 20 heavy (non-hydrogen) atoms. The molecule has 2 rings (SSSR count). The maximum absolute atomic E-state index is 13.6. The molecule has 1 aliphatic rings. The van der Waals surface area contributed by atoms with Gasteiger partial charge in [-0.3, -0.25) is 4.79 Å². The Bertz CT molecular complexity index is 490. The molecular formula is C15H20F2N2O. The lowest BCUT2D eigenvalue weighted by molar-refractivity contribution is 0.0943. The molecule has 2 N–H and O–H groups in total. The summed E-state index contributed by atoms with van der Waals surface area (Å²) in [5, 5.41) is 5.22. The minimum absolute atomic E-state index is 0.0197. The Balaban J connectivity index is 2.03. The van der Waals surface area contributed by atoms with Crippen LogP contribution in [0, 0.1) is 17.0 Å².